The number of rotatable bonds is 4. The first kappa shape index (κ1) is 27.3. The predicted octanol–water partition coefficient (Wildman–Crippen LogP) is 5.14. The molecule has 2 aromatic heterocycles. The van der Waals surface area contributed by atoms with Crippen molar-refractivity contribution < 1.29 is 18.0 Å². The second-order valence-electron chi connectivity index (χ2n) is 10.4. The number of ketones is 1. The van der Waals surface area contributed by atoms with Gasteiger partial charge in [-0.25, -0.2) is 14.6 Å². The van der Waals surface area contributed by atoms with E-state index in [4.69, 9.17) is 10.8 Å². The number of nitrogens with zero attached hydrogens (tertiary/aromatic N) is 5. The van der Waals surface area contributed by atoms with Crippen molar-refractivity contribution >= 4 is 22.6 Å². The average Bonchev–Trinajstić information content (AvgIpc) is 3.28. The maximum absolute atomic E-state index is 13.3. The Hall–Kier alpha value is -4.23. The van der Waals surface area contributed by atoms with Gasteiger partial charge in [0, 0.05) is 17.5 Å². The van der Waals surface area contributed by atoms with Gasteiger partial charge in [0.2, 0.25) is 0 Å². The summed E-state index contributed by atoms with van der Waals surface area (Å²) in [5, 5.41) is 5.40. The monoisotopic (exact) mass is 546 g/mol. The van der Waals surface area contributed by atoms with Crippen molar-refractivity contribution in [3.63, 3.8) is 0 Å². The molecule has 40 heavy (non-hydrogen) atoms. The Labute approximate surface area is 230 Å². The summed E-state index contributed by atoms with van der Waals surface area (Å²) in [6, 6.07) is 9.01. The number of hydrogen-bond donors (Lipinski definition) is 1. The van der Waals surface area contributed by atoms with E-state index >= 15 is 0 Å². The lowest BCUT2D eigenvalue weighted by Crippen LogP contribution is -2.32. The summed E-state index contributed by atoms with van der Waals surface area (Å²) < 4.78 is 41.7. The van der Waals surface area contributed by atoms with Crippen LogP contribution in [0.4, 0.5) is 19.0 Å². The fourth-order valence-electron chi connectivity index (χ4n) is 5.01. The maximum atomic E-state index is 13.3. The molecule has 0 amide bonds. The third-order valence-electron chi connectivity index (χ3n) is 7.26. The van der Waals surface area contributed by atoms with Crippen molar-refractivity contribution in [1.29, 1.82) is 0 Å². The molecule has 0 atom stereocenters. The standard InChI is InChI=1S/C30H29F3N6O/c1-18-12-22(16-23(13-18)30(31,32)33)26(40)15-20-5-4-19(2)21(14-20)6-7-25-27-28(34)35-17-36-29(27)39(37-25)24-8-10-38(3)11-9-24/h4-5,12-14,16-17,24H,8-11,15H2,1-3H3,(H2,34,35,36). The topological polar surface area (TPSA) is 89.9 Å². The smallest absolute Gasteiger partial charge is 0.383 e. The Bertz CT molecular complexity index is 1660. The Morgan fingerprint density at radius 1 is 1.07 bits per heavy atom. The number of aryl methyl sites for hydroxylation is 2. The van der Waals surface area contributed by atoms with Crippen molar-refractivity contribution in [3.05, 3.63) is 81.8 Å². The second-order valence-corrected chi connectivity index (χ2v) is 10.4. The van der Waals surface area contributed by atoms with Crippen molar-refractivity contribution in [3.8, 4) is 11.8 Å². The SMILES string of the molecule is Cc1cc(C(=O)Cc2ccc(C)c(C#Cc3nn(C4CCN(C)CC4)c4ncnc(N)c34)c2)cc(C(F)(F)F)c1. The average molecular weight is 547 g/mol. The molecule has 0 unspecified atom stereocenters. The van der Waals surface area contributed by atoms with E-state index in [1.165, 1.54) is 12.4 Å². The van der Waals surface area contributed by atoms with Gasteiger partial charge in [0.15, 0.2) is 11.4 Å². The van der Waals surface area contributed by atoms with Gasteiger partial charge in [-0.3, -0.25) is 4.79 Å². The lowest BCUT2D eigenvalue weighted by Gasteiger charge is -2.29. The number of anilines is 1. The van der Waals surface area contributed by atoms with Crippen molar-refractivity contribution in [2.45, 2.75) is 45.3 Å². The minimum Gasteiger partial charge on any atom is -0.383 e. The van der Waals surface area contributed by atoms with E-state index in [1.807, 2.05) is 17.7 Å². The van der Waals surface area contributed by atoms with Crippen LogP contribution in [-0.4, -0.2) is 50.6 Å². The van der Waals surface area contributed by atoms with Crippen LogP contribution in [0.2, 0.25) is 0 Å². The van der Waals surface area contributed by atoms with Crippen molar-refractivity contribution in [1.82, 2.24) is 24.6 Å². The van der Waals surface area contributed by atoms with Crippen LogP contribution in [0.15, 0.2) is 42.7 Å². The summed E-state index contributed by atoms with van der Waals surface area (Å²) in [5.74, 6) is 6.20. The Morgan fingerprint density at radius 2 is 1.82 bits per heavy atom. The third-order valence-corrected chi connectivity index (χ3v) is 7.26. The molecule has 1 aliphatic rings. The summed E-state index contributed by atoms with van der Waals surface area (Å²) in [6.07, 6.45) is -1.27. The molecule has 5 rings (SSSR count). The van der Waals surface area contributed by atoms with Gasteiger partial charge in [0.25, 0.3) is 0 Å². The van der Waals surface area contributed by atoms with Crippen molar-refractivity contribution in [2.24, 2.45) is 0 Å². The van der Waals surface area contributed by atoms with Crippen LogP contribution in [0.3, 0.4) is 0 Å². The predicted molar refractivity (Wildman–Crippen MR) is 147 cm³/mol. The summed E-state index contributed by atoms with van der Waals surface area (Å²) in [6.45, 7) is 5.36. The largest absolute Gasteiger partial charge is 0.416 e. The highest BCUT2D eigenvalue weighted by atomic mass is 19.4. The number of Topliss-reactive ketones (excluding diaryl/α,β-unsaturated/α-hetero) is 1. The van der Waals surface area contributed by atoms with Crippen LogP contribution in [0.1, 0.15) is 62.8 Å². The number of fused-ring (bicyclic) bond motifs is 1. The quantitative estimate of drug-likeness (QED) is 0.282. The number of halogens is 3. The molecule has 10 heteroatoms. The van der Waals surface area contributed by atoms with Gasteiger partial charge in [0.05, 0.1) is 17.0 Å². The molecule has 206 valence electrons. The molecule has 1 saturated heterocycles. The molecule has 7 nitrogen and oxygen atoms in total. The lowest BCUT2D eigenvalue weighted by molar-refractivity contribution is -0.137. The molecule has 4 aromatic rings. The number of likely N-dealkylation sites (tertiary alicyclic amines) is 1. The first-order valence-corrected chi connectivity index (χ1v) is 13.0. The summed E-state index contributed by atoms with van der Waals surface area (Å²) >= 11 is 0. The summed E-state index contributed by atoms with van der Waals surface area (Å²) in [4.78, 5) is 23.8. The number of aromatic nitrogens is 4. The highest BCUT2D eigenvalue weighted by Crippen LogP contribution is 2.31. The molecular weight excluding hydrogens is 517 g/mol. The van der Waals surface area contributed by atoms with Gasteiger partial charge in [-0.05, 0) is 93.7 Å². The number of nitrogen functional groups attached to an aromatic ring is 1. The van der Waals surface area contributed by atoms with E-state index in [9.17, 15) is 18.0 Å². The minimum absolute atomic E-state index is 0.0296. The fourth-order valence-corrected chi connectivity index (χ4v) is 5.01. The van der Waals surface area contributed by atoms with Gasteiger partial charge >= 0.3 is 6.18 Å². The molecule has 2 N–H and O–H groups in total. The molecule has 0 saturated carbocycles. The van der Waals surface area contributed by atoms with E-state index in [-0.39, 0.29) is 18.0 Å². The van der Waals surface area contributed by atoms with Crippen molar-refractivity contribution in [2.75, 3.05) is 25.9 Å². The minimum atomic E-state index is -4.52. The van der Waals surface area contributed by atoms with Crippen LogP contribution in [0.5, 0.6) is 0 Å². The molecule has 2 aromatic carbocycles. The number of benzene rings is 2. The third kappa shape index (κ3) is 5.70. The zero-order valence-electron chi connectivity index (χ0n) is 22.5. The van der Waals surface area contributed by atoms with Crippen LogP contribution < -0.4 is 5.73 Å². The number of nitrogens with two attached hydrogens (primary N) is 1. The van der Waals surface area contributed by atoms with E-state index in [0.717, 1.165) is 43.6 Å². The maximum Gasteiger partial charge on any atom is 0.416 e. The fraction of sp³-hybridized carbons (Fsp3) is 0.333. The number of carbonyl (C=O) groups is 1. The first-order valence-electron chi connectivity index (χ1n) is 13.0. The van der Waals surface area contributed by atoms with Crippen LogP contribution in [-0.2, 0) is 12.6 Å². The second kappa shape index (κ2) is 10.7. The zero-order valence-corrected chi connectivity index (χ0v) is 22.5. The Balaban J connectivity index is 1.45. The highest BCUT2D eigenvalue weighted by Gasteiger charge is 2.31. The van der Waals surface area contributed by atoms with Crippen LogP contribution in [0, 0.1) is 25.7 Å². The van der Waals surface area contributed by atoms with Gasteiger partial charge in [-0.1, -0.05) is 18.1 Å². The van der Waals surface area contributed by atoms with Crippen LogP contribution >= 0.6 is 0 Å². The van der Waals surface area contributed by atoms with Crippen LogP contribution in [0.25, 0.3) is 11.0 Å². The molecular formula is C30H29F3N6O. The lowest BCUT2D eigenvalue weighted by atomic mass is 9.97. The molecule has 1 fully saturated rings. The van der Waals surface area contributed by atoms with E-state index < -0.39 is 17.5 Å². The first-order chi connectivity index (χ1) is 19.0. The number of piperidine rings is 1. The normalized spacial score (nSPS) is 14.8. The number of alkyl halides is 3. The molecule has 3 heterocycles. The highest BCUT2D eigenvalue weighted by molar-refractivity contribution is 5.98. The summed E-state index contributed by atoms with van der Waals surface area (Å²) in [7, 11) is 2.10. The Morgan fingerprint density at radius 3 is 2.55 bits per heavy atom. The van der Waals surface area contributed by atoms with E-state index in [2.05, 4.69) is 33.8 Å². The molecule has 0 radical (unpaired) electrons. The van der Waals surface area contributed by atoms with Gasteiger partial charge in [-0.15, -0.1) is 0 Å². The van der Waals surface area contributed by atoms with E-state index in [1.54, 1.807) is 19.1 Å². The molecule has 1 aliphatic heterocycles. The van der Waals surface area contributed by atoms with Gasteiger partial charge in [0.1, 0.15) is 17.8 Å². The molecule has 0 spiro atoms. The number of hydrogen-bond acceptors (Lipinski definition) is 6. The van der Waals surface area contributed by atoms with Gasteiger partial charge in [-0.2, -0.15) is 18.3 Å². The van der Waals surface area contributed by atoms with E-state index in [0.29, 0.717) is 39.2 Å². The summed E-state index contributed by atoms with van der Waals surface area (Å²) in [5.41, 5.74) is 9.15. The Kier molecular flexibility index (Phi) is 7.34. The van der Waals surface area contributed by atoms with Gasteiger partial charge < -0.3 is 10.6 Å². The molecule has 0 bridgehead atoms. The zero-order chi connectivity index (χ0) is 28.6. The number of carbonyl (C=O) groups excluding carboxylic acids is 1. The molecule has 0 aliphatic carbocycles.